The van der Waals surface area contributed by atoms with E-state index in [0.29, 0.717) is 30.8 Å². The molecular formula is C32H42F2N4O2. The molecule has 0 radical (unpaired) electrons. The van der Waals surface area contributed by atoms with Crippen LogP contribution in [0.15, 0.2) is 66.7 Å². The number of unbranched alkanes of at least 4 members (excludes halogenated alkanes) is 1. The predicted octanol–water partition coefficient (Wildman–Crippen LogP) is 4.58. The van der Waals surface area contributed by atoms with Crippen LogP contribution in [0.3, 0.4) is 0 Å². The standard InChI is InChI=1S/C32H42F2N4O2/c1-3-5-13-38(14-12-35)29-11-7-10-26(19-29)32(40)37-30(18-25-16-27(33)20-28(34)17-25)31(39)22-36-21-24-9-6-8-23(4-2)15-24/h6-11,15-17,19-20,30-31,36,39H,3-5,12-14,18,21-22,35H2,1-2H3,(H,37,40)/t30-,31+/m0/s1. The Morgan fingerprint density at radius 1 is 0.950 bits per heavy atom. The number of halogens is 2. The van der Waals surface area contributed by atoms with Gasteiger partial charge in [-0.15, -0.1) is 0 Å². The van der Waals surface area contributed by atoms with Gasteiger partial charge in [0.2, 0.25) is 0 Å². The monoisotopic (exact) mass is 552 g/mol. The van der Waals surface area contributed by atoms with Gasteiger partial charge in [-0.25, -0.2) is 8.78 Å². The number of amides is 1. The number of carbonyl (C=O) groups excluding carboxylic acids is 1. The average Bonchev–Trinajstić information content (AvgIpc) is 2.94. The van der Waals surface area contributed by atoms with E-state index in [2.05, 4.69) is 41.5 Å². The maximum atomic E-state index is 13.9. The fraction of sp³-hybridized carbons (Fsp3) is 0.406. The zero-order chi connectivity index (χ0) is 28.9. The summed E-state index contributed by atoms with van der Waals surface area (Å²) in [4.78, 5) is 15.5. The van der Waals surface area contributed by atoms with Gasteiger partial charge < -0.3 is 26.4 Å². The number of nitrogens with two attached hydrogens (primary N) is 1. The Balaban J connectivity index is 1.75. The zero-order valence-corrected chi connectivity index (χ0v) is 23.5. The lowest BCUT2D eigenvalue weighted by atomic mass is 10.00. The molecule has 5 N–H and O–H groups in total. The molecule has 8 heteroatoms. The van der Waals surface area contributed by atoms with E-state index in [1.807, 2.05) is 30.3 Å². The fourth-order valence-corrected chi connectivity index (χ4v) is 4.70. The van der Waals surface area contributed by atoms with Gasteiger partial charge in [-0.3, -0.25) is 4.79 Å². The minimum Gasteiger partial charge on any atom is -0.390 e. The predicted molar refractivity (Wildman–Crippen MR) is 157 cm³/mol. The van der Waals surface area contributed by atoms with E-state index < -0.39 is 23.8 Å². The Morgan fingerprint density at radius 3 is 2.38 bits per heavy atom. The third kappa shape index (κ3) is 9.70. The molecule has 0 aromatic heterocycles. The molecule has 0 bridgehead atoms. The highest BCUT2D eigenvalue weighted by Crippen LogP contribution is 2.18. The van der Waals surface area contributed by atoms with Crippen molar-refractivity contribution in [1.29, 1.82) is 0 Å². The first-order valence-electron chi connectivity index (χ1n) is 14.1. The van der Waals surface area contributed by atoms with Crippen LogP contribution < -0.4 is 21.3 Å². The molecule has 0 fully saturated rings. The van der Waals surface area contributed by atoms with Gasteiger partial charge in [0.1, 0.15) is 11.6 Å². The number of rotatable bonds is 16. The normalized spacial score (nSPS) is 12.7. The van der Waals surface area contributed by atoms with Crippen LogP contribution in [0.5, 0.6) is 0 Å². The van der Waals surface area contributed by atoms with Gasteiger partial charge >= 0.3 is 0 Å². The number of anilines is 1. The maximum Gasteiger partial charge on any atom is 0.251 e. The van der Waals surface area contributed by atoms with E-state index in [1.165, 1.54) is 17.7 Å². The Morgan fingerprint density at radius 2 is 1.68 bits per heavy atom. The summed E-state index contributed by atoms with van der Waals surface area (Å²) in [6, 6.07) is 17.9. The Kier molecular flexibility index (Phi) is 12.5. The minimum absolute atomic E-state index is 0.0596. The number of nitrogens with one attached hydrogen (secondary N) is 2. The molecule has 0 aliphatic rings. The molecule has 0 spiro atoms. The van der Waals surface area contributed by atoms with Gasteiger partial charge in [-0.2, -0.15) is 0 Å². The molecule has 216 valence electrons. The summed E-state index contributed by atoms with van der Waals surface area (Å²) >= 11 is 0. The van der Waals surface area contributed by atoms with Crippen LogP contribution in [0.2, 0.25) is 0 Å². The Bertz CT molecular complexity index is 1200. The number of aryl methyl sites for hydroxylation is 1. The second-order valence-electron chi connectivity index (χ2n) is 10.1. The topological polar surface area (TPSA) is 90.6 Å². The second kappa shape index (κ2) is 16.1. The quantitative estimate of drug-likeness (QED) is 0.209. The Labute approximate surface area is 236 Å². The molecule has 0 unspecified atom stereocenters. The first-order valence-corrected chi connectivity index (χ1v) is 14.1. The molecule has 0 aliphatic heterocycles. The summed E-state index contributed by atoms with van der Waals surface area (Å²) < 4.78 is 27.8. The van der Waals surface area contributed by atoms with Gasteiger partial charge in [-0.1, -0.05) is 50.6 Å². The SMILES string of the molecule is CCCCN(CCN)c1cccc(C(=O)N[C@@H](Cc2cc(F)cc(F)c2)[C@H](O)CNCc2cccc(CC)c2)c1. The van der Waals surface area contributed by atoms with Gasteiger partial charge in [0, 0.05) is 50.0 Å². The highest BCUT2D eigenvalue weighted by molar-refractivity contribution is 5.95. The Hall–Kier alpha value is -3.33. The summed E-state index contributed by atoms with van der Waals surface area (Å²) in [6.45, 7) is 6.93. The summed E-state index contributed by atoms with van der Waals surface area (Å²) in [6.07, 6.45) is 2.03. The smallest absolute Gasteiger partial charge is 0.251 e. The molecule has 2 atom stereocenters. The lowest BCUT2D eigenvalue weighted by Gasteiger charge is -2.26. The number of aliphatic hydroxyl groups is 1. The van der Waals surface area contributed by atoms with Crippen LogP contribution in [0, 0.1) is 11.6 Å². The summed E-state index contributed by atoms with van der Waals surface area (Å²) in [5.74, 6) is -1.78. The van der Waals surface area contributed by atoms with Crippen LogP contribution in [0.25, 0.3) is 0 Å². The zero-order valence-electron chi connectivity index (χ0n) is 23.5. The van der Waals surface area contributed by atoms with Crippen molar-refractivity contribution in [3.05, 3.63) is 101 Å². The van der Waals surface area contributed by atoms with Crippen molar-refractivity contribution in [3.63, 3.8) is 0 Å². The molecule has 0 saturated heterocycles. The molecule has 3 rings (SSSR count). The number of benzene rings is 3. The summed E-state index contributed by atoms with van der Waals surface area (Å²) in [5, 5.41) is 17.3. The molecule has 3 aromatic carbocycles. The minimum atomic E-state index is -1.01. The van der Waals surface area contributed by atoms with E-state index in [4.69, 9.17) is 5.73 Å². The number of nitrogens with zero attached hydrogens (tertiary/aromatic N) is 1. The highest BCUT2D eigenvalue weighted by atomic mass is 19.1. The van der Waals surface area contributed by atoms with Crippen molar-refractivity contribution in [2.24, 2.45) is 5.73 Å². The van der Waals surface area contributed by atoms with Crippen molar-refractivity contribution in [2.45, 2.75) is 58.2 Å². The molecule has 0 heterocycles. The first-order chi connectivity index (χ1) is 19.3. The molecule has 6 nitrogen and oxygen atoms in total. The van der Waals surface area contributed by atoms with Gasteiger partial charge in [0.25, 0.3) is 5.91 Å². The second-order valence-corrected chi connectivity index (χ2v) is 10.1. The summed E-state index contributed by atoms with van der Waals surface area (Å²) in [5.41, 5.74) is 9.80. The van der Waals surface area contributed by atoms with Crippen molar-refractivity contribution >= 4 is 11.6 Å². The highest BCUT2D eigenvalue weighted by Gasteiger charge is 2.23. The first kappa shape index (κ1) is 31.2. The number of aliphatic hydroxyl groups excluding tert-OH is 1. The number of carbonyl (C=O) groups is 1. The van der Waals surface area contributed by atoms with Crippen LogP contribution in [-0.2, 0) is 19.4 Å². The average molecular weight is 553 g/mol. The molecule has 3 aromatic rings. The van der Waals surface area contributed by atoms with Crippen molar-refractivity contribution in [3.8, 4) is 0 Å². The number of hydrogen-bond donors (Lipinski definition) is 4. The lowest BCUT2D eigenvalue weighted by molar-refractivity contribution is 0.0830. The summed E-state index contributed by atoms with van der Waals surface area (Å²) in [7, 11) is 0. The molecular weight excluding hydrogens is 510 g/mol. The van der Waals surface area contributed by atoms with Crippen LogP contribution in [0.1, 0.15) is 53.7 Å². The van der Waals surface area contributed by atoms with Gasteiger partial charge in [0.15, 0.2) is 0 Å². The molecule has 0 saturated carbocycles. The third-order valence-electron chi connectivity index (χ3n) is 6.90. The van der Waals surface area contributed by atoms with Crippen LogP contribution in [0.4, 0.5) is 14.5 Å². The van der Waals surface area contributed by atoms with Crippen LogP contribution in [-0.4, -0.2) is 49.3 Å². The van der Waals surface area contributed by atoms with Gasteiger partial charge in [-0.05, 0) is 66.3 Å². The van der Waals surface area contributed by atoms with E-state index >= 15 is 0 Å². The lowest BCUT2D eigenvalue weighted by Crippen LogP contribution is -2.48. The van der Waals surface area contributed by atoms with Crippen LogP contribution >= 0.6 is 0 Å². The van der Waals surface area contributed by atoms with Gasteiger partial charge in [0.05, 0.1) is 12.1 Å². The number of hydrogen-bond acceptors (Lipinski definition) is 5. The largest absolute Gasteiger partial charge is 0.390 e. The third-order valence-corrected chi connectivity index (χ3v) is 6.90. The van der Waals surface area contributed by atoms with E-state index in [-0.39, 0.29) is 18.9 Å². The van der Waals surface area contributed by atoms with E-state index in [9.17, 15) is 18.7 Å². The van der Waals surface area contributed by atoms with E-state index in [0.717, 1.165) is 43.1 Å². The maximum absolute atomic E-state index is 13.9. The fourth-order valence-electron chi connectivity index (χ4n) is 4.70. The van der Waals surface area contributed by atoms with Crippen molar-refractivity contribution in [1.82, 2.24) is 10.6 Å². The van der Waals surface area contributed by atoms with E-state index in [1.54, 1.807) is 6.07 Å². The van der Waals surface area contributed by atoms with Crippen molar-refractivity contribution in [2.75, 3.05) is 31.1 Å². The van der Waals surface area contributed by atoms with Crippen molar-refractivity contribution < 1.29 is 18.7 Å². The molecule has 0 aliphatic carbocycles. The molecule has 40 heavy (non-hydrogen) atoms. The molecule has 1 amide bonds.